The van der Waals surface area contributed by atoms with Crippen molar-refractivity contribution < 1.29 is 31.5 Å². The largest absolute Gasteiger partial charge is 0.416 e. The van der Waals surface area contributed by atoms with Gasteiger partial charge in [-0.3, -0.25) is 9.59 Å². The van der Waals surface area contributed by atoms with E-state index in [9.17, 15) is 31.5 Å². The molecule has 2 aromatic carbocycles. The Kier molecular flexibility index (Phi) is 5.24. The average molecular weight is 507 g/mol. The molecule has 1 atom stereocenters. The summed E-state index contributed by atoms with van der Waals surface area (Å²) < 4.78 is 68.6. The van der Waals surface area contributed by atoms with Crippen molar-refractivity contribution in [3.8, 4) is 0 Å². The summed E-state index contributed by atoms with van der Waals surface area (Å²) in [5, 5.41) is 5.25. The van der Waals surface area contributed by atoms with Gasteiger partial charge >= 0.3 is 6.18 Å². The third-order valence-corrected chi connectivity index (χ3v) is 5.86. The lowest BCUT2D eigenvalue weighted by Gasteiger charge is -2.18. The number of anilines is 1. The van der Waals surface area contributed by atoms with Crippen molar-refractivity contribution in [1.82, 2.24) is 14.7 Å². The first-order valence-electron chi connectivity index (χ1n) is 9.97. The number of carbonyl (C=O) groups excluding carboxylic acids is 2. The molecule has 0 aliphatic carbocycles. The van der Waals surface area contributed by atoms with Crippen molar-refractivity contribution in [2.45, 2.75) is 12.2 Å². The number of amides is 2. The molecule has 2 aromatic heterocycles. The van der Waals surface area contributed by atoms with Gasteiger partial charge in [0.2, 0.25) is 0 Å². The van der Waals surface area contributed by atoms with Gasteiger partial charge in [0, 0.05) is 40.3 Å². The molecule has 0 spiro atoms. The van der Waals surface area contributed by atoms with Gasteiger partial charge in [-0.25, -0.2) is 13.8 Å². The summed E-state index contributed by atoms with van der Waals surface area (Å²) in [5.41, 5.74) is -1.24. The number of benzene rings is 2. The number of nitrogens with zero attached hydrogens (tertiary/aromatic N) is 2. The third-order valence-electron chi connectivity index (χ3n) is 5.52. The average Bonchev–Trinajstić information content (AvgIpc) is 3.38. The highest BCUT2D eigenvalue weighted by molar-refractivity contribution is 6.31. The van der Waals surface area contributed by atoms with Crippen LogP contribution in [0, 0.1) is 11.6 Å². The minimum Gasteiger partial charge on any atom is -0.341 e. The molecule has 0 saturated carbocycles. The maximum atomic E-state index is 14.0. The predicted octanol–water partition coefficient (Wildman–Crippen LogP) is 5.37. The second kappa shape index (κ2) is 8.05. The molecule has 0 fully saturated rings. The molecule has 1 aliphatic heterocycles. The minimum absolute atomic E-state index is 0.0111. The molecule has 0 saturated heterocycles. The molecule has 178 valence electrons. The lowest BCUT2D eigenvalue weighted by atomic mass is 9.97. The Morgan fingerprint density at radius 2 is 1.89 bits per heavy atom. The topological polar surface area (TPSA) is 75.5 Å². The molecule has 2 amide bonds. The molecule has 1 unspecified atom stereocenters. The molecular formula is C23H12ClF5N4O2. The number of carbonyl (C=O) groups is 2. The van der Waals surface area contributed by atoms with E-state index in [1.165, 1.54) is 29.1 Å². The number of nitrogens with one attached hydrogen (secondary N) is 2. The van der Waals surface area contributed by atoms with Crippen molar-refractivity contribution in [3.05, 3.63) is 99.5 Å². The zero-order valence-corrected chi connectivity index (χ0v) is 18.0. The fourth-order valence-electron chi connectivity index (χ4n) is 4.02. The maximum Gasteiger partial charge on any atom is 0.416 e. The second-order valence-corrected chi connectivity index (χ2v) is 8.15. The Labute approximate surface area is 198 Å². The zero-order valence-electron chi connectivity index (χ0n) is 17.3. The molecule has 0 radical (unpaired) electrons. The maximum absolute atomic E-state index is 14.0. The van der Waals surface area contributed by atoms with Crippen LogP contribution < -0.4 is 10.6 Å². The van der Waals surface area contributed by atoms with Crippen LogP contribution in [0.3, 0.4) is 0 Å². The van der Waals surface area contributed by atoms with Crippen LogP contribution in [0.4, 0.5) is 27.6 Å². The molecule has 0 bridgehead atoms. The van der Waals surface area contributed by atoms with Crippen LogP contribution in [0.1, 0.15) is 43.4 Å². The number of rotatable bonds is 3. The van der Waals surface area contributed by atoms with E-state index in [-0.39, 0.29) is 39.1 Å². The quantitative estimate of drug-likeness (QED) is 0.367. The van der Waals surface area contributed by atoms with E-state index in [0.29, 0.717) is 12.1 Å². The van der Waals surface area contributed by atoms with E-state index in [2.05, 4.69) is 15.6 Å². The second-order valence-electron chi connectivity index (χ2n) is 7.74. The Morgan fingerprint density at radius 3 is 2.63 bits per heavy atom. The smallest absolute Gasteiger partial charge is 0.341 e. The molecule has 35 heavy (non-hydrogen) atoms. The summed E-state index contributed by atoms with van der Waals surface area (Å²) in [6.07, 6.45) is -0.586. The van der Waals surface area contributed by atoms with Crippen LogP contribution in [0.25, 0.3) is 5.65 Å². The molecular weight excluding hydrogens is 495 g/mol. The standard InChI is InChI=1S/C23H12ClF5N4O2/c24-15-2-1-12(25)8-14(15)19-17-16(9-33-4-3-30-20(33)18(17)22(35)32-19)31-21(34)10-5-11(23(27,28)29)7-13(26)6-10/h1-9,19H,(H,31,34)(H,32,35). The number of aromatic nitrogens is 2. The van der Waals surface area contributed by atoms with E-state index in [1.54, 1.807) is 0 Å². The first-order valence-corrected chi connectivity index (χ1v) is 10.4. The molecule has 6 nitrogen and oxygen atoms in total. The van der Waals surface area contributed by atoms with Gasteiger partial charge in [-0.05, 0) is 36.4 Å². The van der Waals surface area contributed by atoms with Crippen molar-refractivity contribution in [2.75, 3.05) is 5.32 Å². The van der Waals surface area contributed by atoms with E-state index in [4.69, 9.17) is 11.6 Å². The van der Waals surface area contributed by atoms with Gasteiger partial charge < -0.3 is 15.0 Å². The Balaban J connectivity index is 1.65. The number of halogens is 6. The van der Waals surface area contributed by atoms with E-state index in [1.807, 2.05) is 0 Å². The van der Waals surface area contributed by atoms with E-state index >= 15 is 0 Å². The van der Waals surface area contributed by atoms with Crippen LogP contribution in [0.5, 0.6) is 0 Å². The van der Waals surface area contributed by atoms with Gasteiger partial charge in [0.1, 0.15) is 17.3 Å². The number of pyridine rings is 1. The summed E-state index contributed by atoms with van der Waals surface area (Å²) in [7, 11) is 0. The Bertz CT molecular complexity index is 1530. The van der Waals surface area contributed by atoms with Gasteiger partial charge in [-0.2, -0.15) is 13.2 Å². The SMILES string of the molecule is O=C(Nc1cn2ccnc2c2c1C(c1cc(F)ccc1Cl)NC2=O)c1cc(F)cc(C(F)(F)F)c1. The van der Waals surface area contributed by atoms with Crippen LogP contribution in [0.15, 0.2) is 55.0 Å². The molecule has 12 heteroatoms. The molecule has 1 aliphatic rings. The molecule has 3 heterocycles. The number of hydrogen-bond donors (Lipinski definition) is 2. The van der Waals surface area contributed by atoms with Crippen LogP contribution in [0.2, 0.25) is 5.02 Å². The Hall–Kier alpha value is -3.99. The number of hydrogen-bond acceptors (Lipinski definition) is 3. The summed E-state index contributed by atoms with van der Waals surface area (Å²) in [6, 6.07) is 3.99. The predicted molar refractivity (Wildman–Crippen MR) is 115 cm³/mol. The van der Waals surface area contributed by atoms with Crippen molar-refractivity contribution in [1.29, 1.82) is 0 Å². The number of fused-ring (bicyclic) bond motifs is 3. The number of imidazole rings is 1. The van der Waals surface area contributed by atoms with Crippen LogP contribution in [-0.4, -0.2) is 21.2 Å². The summed E-state index contributed by atoms with van der Waals surface area (Å²) in [6.45, 7) is 0. The van der Waals surface area contributed by atoms with Crippen molar-refractivity contribution in [2.24, 2.45) is 0 Å². The minimum atomic E-state index is -4.87. The Morgan fingerprint density at radius 1 is 1.11 bits per heavy atom. The van der Waals surface area contributed by atoms with Crippen molar-refractivity contribution in [3.63, 3.8) is 0 Å². The van der Waals surface area contributed by atoms with Crippen LogP contribution in [-0.2, 0) is 6.18 Å². The van der Waals surface area contributed by atoms with Gasteiger partial charge in [0.15, 0.2) is 0 Å². The fourth-order valence-corrected chi connectivity index (χ4v) is 4.25. The zero-order chi connectivity index (χ0) is 25.1. The third kappa shape index (κ3) is 3.97. The summed E-state index contributed by atoms with van der Waals surface area (Å²) in [4.78, 5) is 29.9. The van der Waals surface area contributed by atoms with Crippen LogP contribution >= 0.6 is 11.6 Å². The van der Waals surface area contributed by atoms with Gasteiger partial charge in [0.05, 0.1) is 22.9 Å². The molecule has 2 N–H and O–H groups in total. The van der Waals surface area contributed by atoms with Crippen molar-refractivity contribution >= 4 is 34.7 Å². The molecule has 5 rings (SSSR count). The highest BCUT2D eigenvalue weighted by Gasteiger charge is 2.37. The highest BCUT2D eigenvalue weighted by Crippen LogP contribution is 2.41. The lowest BCUT2D eigenvalue weighted by Crippen LogP contribution is -2.21. The van der Waals surface area contributed by atoms with Gasteiger partial charge in [-0.1, -0.05) is 11.6 Å². The monoisotopic (exact) mass is 506 g/mol. The van der Waals surface area contributed by atoms with E-state index < -0.39 is 46.8 Å². The summed E-state index contributed by atoms with van der Waals surface area (Å²) >= 11 is 6.24. The first-order chi connectivity index (χ1) is 16.5. The fraction of sp³-hybridized carbons (Fsp3) is 0.0870. The van der Waals surface area contributed by atoms with Gasteiger partial charge in [-0.15, -0.1) is 0 Å². The normalized spacial score (nSPS) is 15.3. The van der Waals surface area contributed by atoms with Gasteiger partial charge in [0.25, 0.3) is 11.8 Å². The lowest BCUT2D eigenvalue weighted by molar-refractivity contribution is -0.137. The number of alkyl halides is 3. The van der Waals surface area contributed by atoms with E-state index in [0.717, 1.165) is 12.1 Å². The molecule has 4 aromatic rings. The first kappa shape index (κ1) is 22.8. The highest BCUT2D eigenvalue weighted by atomic mass is 35.5. The summed E-state index contributed by atoms with van der Waals surface area (Å²) in [5.74, 6) is -3.51.